The number of benzene rings is 1. The Hall–Kier alpha value is -3.78. The van der Waals surface area contributed by atoms with E-state index < -0.39 is 22.0 Å². The SMILES string of the molecule is CCOC(=O)c1c(NC(=O)C(C)Sc2nnc(CNC(=O)c3ccc(C)c([N+](=O)[O-])c3)n2C)sc2c1CCCCC2. The number of thiophene rings is 1. The lowest BCUT2D eigenvalue weighted by molar-refractivity contribution is -0.385. The van der Waals surface area contributed by atoms with Gasteiger partial charge in [0, 0.05) is 29.1 Å². The van der Waals surface area contributed by atoms with E-state index in [1.54, 1.807) is 32.4 Å². The lowest BCUT2D eigenvalue weighted by Crippen LogP contribution is -2.25. The number of ether oxygens (including phenoxy) is 1. The lowest BCUT2D eigenvalue weighted by Gasteiger charge is -2.12. The number of thioether (sulfide) groups is 1. The van der Waals surface area contributed by atoms with Crippen molar-refractivity contribution in [2.45, 2.75) is 69.8 Å². The molecular weight excluding hydrogens is 568 g/mol. The molecule has 2 amide bonds. The van der Waals surface area contributed by atoms with Crippen LogP contribution in [0, 0.1) is 17.0 Å². The molecule has 0 bridgehead atoms. The molecule has 4 rings (SSSR count). The summed E-state index contributed by atoms with van der Waals surface area (Å²) in [6.07, 6.45) is 4.83. The van der Waals surface area contributed by atoms with Crippen molar-refractivity contribution in [1.29, 1.82) is 0 Å². The second-order valence-corrected chi connectivity index (χ2v) is 12.1. The summed E-state index contributed by atoms with van der Waals surface area (Å²) in [4.78, 5) is 50.4. The van der Waals surface area contributed by atoms with Crippen LogP contribution in [0.3, 0.4) is 0 Å². The fourth-order valence-electron chi connectivity index (χ4n) is 4.49. The average Bonchev–Trinajstić information content (AvgIpc) is 3.36. The monoisotopic (exact) mass is 600 g/mol. The van der Waals surface area contributed by atoms with E-state index in [-0.39, 0.29) is 30.3 Å². The van der Waals surface area contributed by atoms with Gasteiger partial charge in [-0.15, -0.1) is 21.5 Å². The largest absolute Gasteiger partial charge is 0.462 e. The van der Waals surface area contributed by atoms with Crippen molar-refractivity contribution in [3.8, 4) is 0 Å². The molecule has 1 aliphatic rings. The van der Waals surface area contributed by atoms with Gasteiger partial charge in [0.15, 0.2) is 11.0 Å². The summed E-state index contributed by atoms with van der Waals surface area (Å²) in [6.45, 7) is 5.39. The second-order valence-electron chi connectivity index (χ2n) is 9.64. The number of rotatable bonds is 10. The molecule has 3 aromatic rings. The van der Waals surface area contributed by atoms with Crippen molar-refractivity contribution in [2.24, 2.45) is 7.05 Å². The number of nitrogens with zero attached hydrogens (tertiary/aromatic N) is 4. The smallest absolute Gasteiger partial charge is 0.341 e. The first kappa shape index (κ1) is 30.2. The standard InChI is InChI=1S/C27H32N6O6S2/c1-5-39-26(36)22-18-9-7-6-8-10-20(18)41-25(22)29-23(34)16(3)40-27-31-30-21(32(27)4)14-28-24(35)17-12-11-15(2)19(13-17)33(37)38/h11-13,16H,5-10,14H2,1-4H3,(H,28,35)(H,29,34). The molecule has 2 N–H and O–H groups in total. The van der Waals surface area contributed by atoms with Gasteiger partial charge < -0.3 is 19.9 Å². The molecule has 41 heavy (non-hydrogen) atoms. The molecule has 0 spiro atoms. The van der Waals surface area contributed by atoms with Crippen molar-refractivity contribution >= 4 is 51.6 Å². The van der Waals surface area contributed by atoms with Gasteiger partial charge in [-0.05, 0) is 58.1 Å². The summed E-state index contributed by atoms with van der Waals surface area (Å²) >= 11 is 2.64. The number of aryl methyl sites for hydroxylation is 2. The van der Waals surface area contributed by atoms with Crippen molar-refractivity contribution in [1.82, 2.24) is 20.1 Å². The number of aromatic nitrogens is 3. The molecule has 1 aliphatic carbocycles. The molecule has 0 radical (unpaired) electrons. The highest BCUT2D eigenvalue weighted by Crippen LogP contribution is 2.38. The minimum absolute atomic E-state index is 0.0365. The van der Waals surface area contributed by atoms with E-state index in [1.165, 1.54) is 41.3 Å². The number of nitro benzene ring substituents is 1. The van der Waals surface area contributed by atoms with Crippen LogP contribution in [0.5, 0.6) is 0 Å². The minimum atomic E-state index is -0.564. The summed E-state index contributed by atoms with van der Waals surface area (Å²) in [5.74, 6) is -0.732. The van der Waals surface area contributed by atoms with E-state index in [9.17, 15) is 24.5 Å². The number of amides is 2. The van der Waals surface area contributed by atoms with Gasteiger partial charge in [0.1, 0.15) is 5.00 Å². The van der Waals surface area contributed by atoms with Gasteiger partial charge in [0.05, 0.1) is 28.9 Å². The maximum Gasteiger partial charge on any atom is 0.341 e. The molecule has 0 saturated carbocycles. The van der Waals surface area contributed by atoms with Crippen LogP contribution in [-0.2, 0) is 36.0 Å². The Labute approximate surface area is 245 Å². The third-order valence-corrected chi connectivity index (χ3v) is 9.13. The highest BCUT2D eigenvalue weighted by Gasteiger charge is 2.28. The molecule has 0 aliphatic heterocycles. The lowest BCUT2D eigenvalue weighted by atomic mass is 10.1. The van der Waals surface area contributed by atoms with Gasteiger partial charge in [-0.25, -0.2) is 4.79 Å². The highest BCUT2D eigenvalue weighted by molar-refractivity contribution is 8.00. The Morgan fingerprint density at radius 3 is 2.71 bits per heavy atom. The zero-order valence-corrected chi connectivity index (χ0v) is 24.9. The normalized spacial score (nSPS) is 13.6. The van der Waals surface area contributed by atoms with E-state index in [4.69, 9.17) is 4.74 Å². The number of carbonyl (C=O) groups is 3. The molecule has 2 aromatic heterocycles. The van der Waals surface area contributed by atoms with Crippen LogP contribution in [0.15, 0.2) is 23.4 Å². The number of nitrogens with one attached hydrogen (secondary N) is 2. The maximum atomic E-state index is 13.2. The Morgan fingerprint density at radius 2 is 1.98 bits per heavy atom. The van der Waals surface area contributed by atoms with E-state index in [2.05, 4.69) is 20.8 Å². The number of hydrogen-bond donors (Lipinski definition) is 2. The Morgan fingerprint density at radius 1 is 1.22 bits per heavy atom. The third-order valence-electron chi connectivity index (χ3n) is 6.79. The minimum Gasteiger partial charge on any atom is -0.462 e. The number of fused-ring (bicyclic) bond motifs is 1. The predicted molar refractivity (Wildman–Crippen MR) is 155 cm³/mol. The summed E-state index contributed by atoms with van der Waals surface area (Å²) in [5.41, 5.74) is 1.95. The number of esters is 1. The van der Waals surface area contributed by atoms with Crippen LogP contribution in [0.4, 0.5) is 10.7 Å². The van der Waals surface area contributed by atoms with Crippen LogP contribution in [0.25, 0.3) is 0 Å². The Balaban J connectivity index is 1.41. The van der Waals surface area contributed by atoms with Crippen LogP contribution in [0.1, 0.15) is 75.7 Å². The first-order valence-electron chi connectivity index (χ1n) is 13.3. The molecule has 14 heteroatoms. The number of hydrogen-bond acceptors (Lipinski definition) is 10. The molecular formula is C27H32N6O6S2. The van der Waals surface area contributed by atoms with Crippen molar-refractivity contribution in [2.75, 3.05) is 11.9 Å². The molecule has 1 atom stereocenters. The molecule has 1 unspecified atom stereocenters. The molecule has 218 valence electrons. The second kappa shape index (κ2) is 13.3. The van der Waals surface area contributed by atoms with Crippen LogP contribution in [-0.4, -0.2) is 49.3 Å². The van der Waals surface area contributed by atoms with Gasteiger partial charge in [0.25, 0.3) is 11.6 Å². The van der Waals surface area contributed by atoms with Gasteiger partial charge in [-0.2, -0.15) is 0 Å². The number of anilines is 1. The zero-order valence-electron chi connectivity index (χ0n) is 23.3. The first-order valence-corrected chi connectivity index (χ1v) is 15.0. The first-order chi connectivity index (χ1) is 19.6. The highest BCUT2D eigenvalue weighted by atomic mass is 32.2. The molecule has 1 aromatic carbocycles. The van der Waals surface area contributed by atoms with E-state index in [0.29, 0.717) is 27.1 Å². The summed E-state index contributed by atoms with van der Waals surface area (Å²) < 4.78 is 6.98. The number of nitro groups is 1. The van der Waals surface area contributed by atoms with Gasteiger partial charge in [0.2, 0.25) is 5.91 Å². The van der Waals surface area contributed by atoms with Crippen molar-refractivity contribution in [3.05, 3.63) is 61.3 Å². The van der Waals surface area contributed by atoms with E-state index >= 15 is 0 Å². The number of carbonyl (C=O) groups excluding carboxylic acids is 3. The zero-order chi connectivity index (χ0) is 29.7. The summed E-state index contributed by atoms with van der Waals surface area (Å²) in [5, 5.41) is 25.6. The fourth-order valence-corrected chi connectivity index (χ4v) is 6.60. The molecule has 0 fully saturated rings. The Kier molecular flexibility index (Phi) is 9.76. The molecule has 2 heterocycles. The maximum absolute atomic E-state index is 13.2. The molecule has 0 saturated heterocycles. The molecule has 12 nitrogen and oxygen atoms in total. The average molecular weight is 601 g/mol. The third kappa shape index (κ3) is 6.93. The van der Waals surface area contributed by atoms with Gasteiger partial charge in [-0.1, -0.05) is 24.2 Å². The summed E-state index contributed by atoms with van der Waals surface area (Å²) in [7, 11) is 1.72. The van der Waals surface area contributed by atoms with Crippen LogP contribution in [0.2, 0.25) is 0 Å². The van der Waals surface area contributed by atoms with Crippen molar-refractivity contribution in [3.63, 3.8) is 0 Å². The quantitative estimate of drug-likeness (QED) is 0.112. The fraction of sp³-hybridized carbons (Fsp3) is 0.444. The van der Waals surface area contributed by atoms with Gasteiger partial charge >= 0.3 is 5.97 Å². The Bertz CT molecular complexity index is 1480. The van der Waals surface area contributed by atoms with E-state index in [1.807, 2.05) is 0 Å². The topological polar surface area (TPSA) is 158 Å². The predicted octanol–water partition coefficient (Wildman–Crippen LogP) is 4.59. The van der Waals surface area contributed by atoms with Gasteiger partial charge in [-0.3, -0.25) is 19.7 Å². The van der Waals surface area contributed by atoms with Crippen LogP contribution >= 0.6 is 23.1 Å². The van der Waals surface area contributed by atoms with E-state index in [0.717, 1.165) is 42.5 Å². The summed E-state index contributed by atoms with van der Waals surface area (Å²) in [6, 6.07) is 4.29. The van der Waals surface area contributed by atoms with Crippen LogP contribution < -0.4 is 10.6 Å². The van der Waals surface area contributed by atoms with Crippen molar-refractivity contribution < 1.29 is 24.0 Å².